The number of carbonyl (C=O) groups excluding carboxylic acids is 1. The summed E-state index contributed by atoms with van der Waals surface area (Å²) in [5.74, 6) is 0.500. The summed E-state index contributed by atoms with van der Waals surface area (Å²) in [7, 11) is 0. The molecule has 1 amide bonds. The maximum atomic E-state index is 13.2. The van der Waals surface area contributed by atoms with E-state index >= 15 is 0 Å². The van der Waals surface area contributed by atoms with Gasteiger partial charge in [0.05, 0.1) is 33.1 Å². The lowest BCUT2D eigenvalue weighted by Gasteiger charge is -2.25. The summed E-state index contributed by atoms with van der Waals surface area (Å²) in [4.78, 5) is 18.8. The monoisotopic (exact) mass is 419 g/mol. The molecule has 0 spiro atoms. The zero-order chi connectivity index (χ0) is 21.4. The molecule has 0 bridgehead atoms. The van der Waals surface area contributed by atoms with E-state index in [0.717, 1.165) is 10.2 Å². The minimum Gasteiger partial charge on any atom is -0.506 e. The number of ether oxygens (including phenoxy) is 1. The zero-order valence-electron chi connectivity index (χ0n) is 16.4. The predicted octanol–water partition coefficient (Wildman–Crippen LogP) is 5.03. The van der Waals surface area contributed by atoms with Crippen LogP contribution in [-0.2, 0) is 4.74 Å². The Morgan fingerprint density at radius 3 is 2.93 bits per heavy atom. The topological polar surface area (TPSA) is 104 Å². The van der Waals surface area contributed by atoms with Crippen LogP contribution in [0.2, 0.25) is 0 Å². The van der Waals surface area contributed by atoms with Gasteiger partial charge in [-0.25, -0.2) is 19.2 Å². The lowest BCUT2D eigenvalue weighted by Crippen LogP contribution is -2.29. The molecule has 0 fully saturated rings. The van der Waals surface area contributed by atoms with Crippen LogP contribution in [0.25, 0.3) is 15.7 Å². The van der Waals surface area contributed by atoms with Crippen molar-refractivity contribution in [2.24, 2.45) is 0 Å². The second kappa shape index (κ2) is 7.50. The number of amides is 1. The van der Waals surface area contributed by atoms with Gasteiger partial charge in [0.25, 0.3) is 0 Å². The molecule has 30 heavy (non-hydrogen) atoms. The van der Waals surface area contributed by atoms with E-state index in [4.69, 9.17) is 4.74 Å². The van der Waals surface area contributed by atoms with Crippen molar-refractivity contribution in [1.29, 1.82) is 5.26 Å². The molecule has 0 aliphatic rings. The number of aromatic nitrogens is 3. The van der Waals surface area contributed by atoms with Crippen LogP contribution in [0.4, 0.5) is 16.3 Å². The van der Waals surface area contributed by atoms with Gasteiger partial charge in [0.1, 0.15) is 23.1 Å². The van der Waals surface area contributed by atoms with E-state index in [1.807, 2.05) is 18.2 Å². The van der Waals surface area contributed by atoms with Crippen molar-refractivity contribution >= 4 is 44.7 Å². The lowest BCUT2D eigenvalue weighted by atomic mass is 10.1. The molecule has 9 heteroatoms. The van der Waals surface area contributed by atoms with Crippen LogP contribution in [0.15, 0.2) is 47.8 Å². The van der Waals surface area contributed by atoms with Crippen molar-refractivity contribution in [3.8, 4) is 11.8 Å². The van der Waals surface area contributed by atoms with Gasteiger partial charge in [-0.15, -0.1) is 11.3 Å². The fraction of sp³-hybridized carbons (Fsp3) is 0.143. The number of pyridine rings is 1. The van der Waals surface area contributed by atoms with Crippen molar-refractivity contribution in [3.05, 3.63) is 58.9 Å². The third kappa shape index (κ3) is 3.03. The van der Waals surface area contributed by atoms with Crippen LogP contribution in [-0.4, -0.2) is 25.8 Å². The Kier molecular flexibility index (Phi) is 4.85. The number of fused-ring (bicyclic) bond motifs is 2. The molecule has 1 aromatic carbocycles. The molecule has 3 heterocycles. The van der Waals surface area contributed by atoms with Gasteiger partial charge in [-0.3, -0.25) is 0 Å². The third-order valence-corrected chi connectivity index (χ3v) is 5.55. The highest BCUT2D eigenvalue weighted by Gasteiger charge is 2.29. The van der Waals surface area contributed by atoms with Gasteiger partial charge < -0.3 is 9.84 Å². The highest BCUT2D eigenvalue weighted by molar-refractivity contribution is 7.16. The fourth-order valence-electron chi connectivity index (χ4n) is 3.15. The number of carbonyl (C=O) groups is 1. The summed E-state index contributed by atoms with van der Waals surface area (Å²) < 4.78 is 7.83. The molecular weight excluding hydrogens is 402 g/mol. The number of rotatable bonds is 3. The maximum Gasteiger partial charge on any atom is 0.425 e. The molecule has 4 aromatic rings. The standard InChI is InChI=1S/C21H17N5O3S/c1-4-12(2)29-21(28)25(14-5-6-16-18(9-14)30-11-23-16)20-13(3)19(27)15(10-22)17-7-8-24-26(17)20/h4-9,11,27H,1-3H3/b12-4+. The molecule has 0 unspecified atom stereocenters. The quantitative estimate of drug-likeness (QED) is 0.467. The number of anilines is 2. The average molecular weight is 419 g/mol. The maximum absolute atomic E-state index is 13.2. The molecular formula is C21H17N5O3S. The first-order valence-corrected chi connectivity index (χ1v) is 9.91. The Bertz CT molecular complexity index is 1360. The zero-order valence-corrected chi connectivity index (χ0v) is 17.3. The number of hydrogen-bond acceptors (Lipinski definition) is 7. The van der Waals surface area contributed by atoms with Crippen LogP contribution >= 0.6 is 11.3 Å². The van der Waals surface area contributed by atoms with Crippen molar-refractivity contribution in [3.63, 3.8) is 0 Å². The van der Waals surface area contributed by atoms with Gasteiger partial charge in [-0.1, -0.05) is 0 Å². The lowest BCUT2D eigenvalue weighted by molar-refractivity contribution is 0.186. The molecule has 0 aliphatic heterocycles. The van der Waals surface area contributed by atoms with E-state index in [1.54, 1.807) is 44.5 Å². The van der Waals surface area contributed by atoms with Gasteiger partial charge in [0.15, 0.2) is 5.82 Å². The molecule has 0 saturated heterocycles. The van der Waals surface area contributed by atoms with Crippen molar-refractivity contribution < 1.29 is 14.6 Å². The molecule has 1 N–H and O–H groups in total. The highest BCUT2D eigenvalue weighted by atomic mass is 32.1. The number of thiazole rings is 1. The molecule has 0 saturated carbocycles. The van der Waals surface area contributed by atoms with Crippen LogP contribution < -0.4 is 4.90 Å². The normalized spacial score (nSPS) is 11.6. The number of aromatic hydroxyl groups is 1. The average Bonchev–Trinajstić information content (AvgIpc) is 3.40. The van der Waals surface area contributed by atoms with E-state index < -0.39 is 6.09 Å². The predicted molar refractivity (Wildman–Crippen MR) is 114 cm³/mol. The second-order valence-corrected chi connectivity index (χ2v) is 7.41. The number of benzene rings is 1. The highest BCUT2D eigenvalue weighted by Crippen LogP contribution is 2.38. The van der Waals surface area contributed by atoms with Crippen LogP contribution in [0.1, 0.15) is 25.0 Å². The minimum absolute atomic E-state index is 0.0876. The van der Waals surface area contributed by atoms with Gasteiger partial charge in [-0.2, -0.15) is 10.4 Å². The van der Waals surface area contributed by atoms with Crippen LogP contribution in [0.5, 0.6) is 5.75 Å². The van der Waals surface area contributed by atoms with Gasteiger partial charge in [-0.05, 0) is 51.1 Å². The van der Waals surface area contributed by atoms with Crippen molar-refractivity contribution in [2.75, 3.05) is 4.90 Å². The summed E-state index contributed by atoms with van der Waals surface area (Å²) in [6.45, 7) is 5.07. The summed E-state index contributed by atoms with van der Waals surface area (Å²) in [5, 5.41) is 24.5. The Hall–Kier alpha value is -3.90. The fourth-order valence-corrected chi connectivity index (χ4v) is 3.86. The Morgan fingerprint density at radius 2 is 2.20 bits per heavy atom. The van der Waals surface area contributed by atoms with Crippen molar-refractivity contribution in [2.45, 2.75) is 20.8 Å². The SMILES string of the molecule is C/C=C(\C)OC(=O)N(c1ccc2ncsc2c1)c1c(C)c(O)c(C#N)c2ccnn12. The molecule has 150 valence electrons. The largest absolute Gasteiger partial charge is 0.506 e. The first kappa shape index (κ1) is 19.4. The van der Waals surface area contributed by atoms with Gasteiger partial charge >= 0.3 is 6.09 Å². The summed E-state index contributed by atoms with van der Waals surface area (Å²) in [5.41, 5.74) is 3.85. The molecule has 8 nitrogen and oxygen atoms in total. The van der Waals surface area contributed by atoms with Gasteiger partial charge in [0.2, 0.25) is 0 Å². The van der Waals surface area contributed by atoms with Crippen LogP contribution in [0, 0.1) is 18.3 Å². The summed E-state index contributed by atoms with van der Waals surface area (Å²) >= 11 is 1.45. The molecule has 4 rings (SSSR count). The minimum atomic E-state index is -0.668. The Labute approximate surface area is 175 Å². The summed E-state index contributed by atoms with van der Waals surface area (Å²) in [6, 6.07) is 8.99. The third-order valence-electron chi connectivity index (χ3n) is 4.76. The van der Waals surface area contributed by atoms with E-state index in [2.05, 4.69) is 10.1 Å². The van der Waals surface area contributed by atoms with E-state index in [-0.39, 0.29) is 17.1 Å². The number of nitrogens with zero attached hydrogens (tertiary/aromatic N) is 5. The summed E-state index contributed by atoms with van der Waals surface area (Å²) in [6.07, 6.45) is 2.51. The van der Waals surface area contributed by atoms with E-state index in [9.17, 15) is 15.2 Å². The number of hydrogen-bond donors (Lipinski definition) is 1. The van der Waals surface area contributed by atoms with E-state index in [0.29, 0.717) is 22.5 Å². The molecule has 0 aliphatic carbocycles. The number of nitriles is 1. The van der Waals surface area contributed by atoms with Crippen molar-refractivity contribution in [1.82, 2.24) is 14.6 Å². The Morgan fingerprint density at radius 1 is 1.40 bits per heavy atom. The Balaban J connectivity index is 2.01. The number of allylic oxidation sites excluding steroid dienone is 2. The first-order valence-electron chi connectivity index (χ1n) is 9.03. The van der Waals surface area contributed by atoms with Gasteiger partial charge in [0, 0.05) is 5.56 Å². The first-order chi connectivity index (χ1) is 14.5. The molecule has 0 atom stereocenters. The van der Waals surface area contributed by atoms with Crippen LogP contribution in [0.3, 0.4) is 0 Å². The molecule has 0 radical (unpaired) electrons. The second-order valence-electron chi connectivity index (χ2n) is 6.52. The molecule has 3 aromatic heterocycles. The smallest absolute Gasteiger partial charge is 0.425 e. The van der Waals surface area contributed by atoms with E-state index in [1.165, 1.54) is 26.9 Å².